The molecule has 5 nitrogen and oxygen atoms in total. The molecular formula is C14H17N3O2. The van der Waals surface area contributed by atoms with Gasteiger partial charge in [0, 0.05) is 18.0 Å². The minimum atomic E-state index is 0.0820. The van der Waals surface area contributed by atoms with Crippen LogP contribution in [0.5, 0.6) is 5.75 Å². The van der Waals surface area contributed by atoms with Gasteiger partial charge in [-0.05, 0) is 20.0 Å². The first-order valence-electron chi connectivity index (χ1n) is 6.49. The number of benzene rings is 1. The summed E-state index contributed by atoms with van der Waals surface area (Å²) < 4.78 is 11.0. The molecule has 1 aliphatic rings. The van der Waals surface area contributed by atoms with Crippen LogP contribution in [0.4, 0.5) is 0 Å². The van der Waals surface area contributed by atoms with Crippen molar-refractivity contribution in [3.05, 3.63) is 41.5 Å². The first-order chi connectivity index (χ1) is 9.28. The van der Waals surface area contributed by atoms with Crippen LogP contribution in [0, 0.1) is 0 Å². The average molecular weight is 259 g/mol. The maximum absolute atomic E-state index is 5.64. The summed E-state index contributed by atoms with van der Waals surface area (Å²) in [6.45, 7) is 2.66. The van der Waals surface area contributed by atoms with Crippen LogP contribution in [0.3, 0.4) is 0 Å². The van der Waals surface area contributed by atoms with Crippen LogP contribution >= 0.6 is 0 Å². The lowest BCUT2D eigenvalue weighted by Gasteiger charge is -2.05. The molecule has 2 atom stereocenters. The zero-order valence-electron chi connectivity index (χ0n) is 11.1. The van der Waals surface area contributed by atoms with Crippen LogP contribution in [0.25, 0.3) is 0 Å². The van der Waals surface area contributed by atoms with Gasteiger partial charge >= 0.3 is 0 Å². The summed E-state index contributed by atoms with van der Waals surface area (Å²) in [6, 6.07) is 8.32. The Morgan fingerprint density at radius 2 is 2.26 bits per heavy atom. The average Bonchev–Trinajstić information content (AvgIpc) is 3.04. The van der Waals surface area contributed by atoms with E-state index < -0.39 is 0 Å². The van der Waals surface area contributed by atoms with Gasteiger partial charge in [0.05, 0.1) is 5.92 Å². The quantitative estimate of drug-likeness (QED) is 0.906. The summed E-state index contributed by atoms with van der Waals surface area (Å²) in [7, 11) is 1.92. The van der Waals surface area contributed by atoms with Crippen LogP contribution in [-0.4, -0.2) is 29.8 Å². The molecule has 0 aliphatic carbocycles. The van der Waals surface area contributed by atoms with Crippen LogP contribution in [0.15, 0.2) is 28.8 Å². The lowest BCUT2D eigenvalue weighted by atomic mass is 10.0. The summed E-state index contributed by atoms with van der Waals surface area (Å²) >= 11 is 0. The van der Waals surface area contributed by atoms with E-state index in [1.54, 1.807) is 0 Å². The predicted octanol–water partition coefficient (Wildman–Crippen LogP) is 1.74. The molecule has 1 aromatic heterocycles. The number of aromatic nitrogens is 2. The number of nitrogens with zero attached hydrogens (tertiary/aromatic N) is 2. The highest BCUT2D eigenvalue weighted by Gasteiger charge is 2.29. The Bertz CT molecular complexity index is 567. The van der Waals surface area contributed by atoms with Crippen molar-refractivity contribution >= 4 is 0 Å². The van der Waals surface area contributed by atoms with E-state index in [0.29, 0.717) is 24.4 Å². The molecule has 2 heterocycles. The van der Waals surface area contributed by atoms with E-state index >= 15 is 0 Å². The second-order valence-corrected chi connectivity index (χ2v) is 4.84. The highest BCUT2D eigenvalue weighted by Crippen LogP contribution is 2.36. The van der Waals surface area contributed by atoms with Gasteiger partial charge in [-0.3, -0.25) is 0 Å². The molecule has 100 valence electrons. The Kier molecular flexibility index (Phi) is 3.21. The molecule has 5 heteroatoms. The fourth-order valence-corrected chi connectivity index (χ4v) is 2.23. The molecule has 1 aliphatic heterocycles. The molecule has 0 bridgehead atoms. The number of fused-ring (bicyclic) bond motifs is 1. The summed E-state index contributed by atoms with van der Waals surface area (Å²) in [5.41, 5.74) is 1.14. The second kappa shape index (κ2) is 5.01. The topological polar surface area (TPSA) is 60.2 Å². The van der Waals surface area contributed by atoms with E-state index in [9.17, 15) is 0 Å². The van der Waals surface area contributed by atoms with Gasteiger partial charge in [0.2, 0.25) is 5.89 Å². The fourth-order valence-electron chi connectivity index (χ4n) is 2.23. The van der Waals surface area contributed by atoms with E-state index in [1.807, 2.05) is 25.2 Å². The molecule has 1 N–H and O–H groups in total. The van der Waals surface area contributed by atoms with Gasteiger partial charge in [-0.25, -0.2) is 0 Å². The molecule has 0 spiro atoms. The van der Waals surface area contributed by atoms with Gasteiger partial charge in [0.15, 0.2) is 5.82 Å². The Hall–Kier alpha value is -1.88. The van der Waals surface area contributed by atoms with E-state index in [1.165, 1.54) is 0 Å². The first kappa shape index (κ1) is 12.2. The van der Waals surface area contributed by atoms with E-state index in [2.05, 4.69) is 28.4 Å². The minimum absolute atomic E-state index is 0.0820. The summed E-state index contributed by atoms with van der Waals surface area (Å²) in [5.74, 6) is 2.38. The molecule has 0 saturated heterocycles. The van der Waals surface area contributed by atoms with Gasteiger partial charge in [-0.15, -0.1) is 0 Å². The van der Waals surface area contributed by atoms with Crippen LogP contribution in [-0.2, 0) is 6.42 Å². The number of rotatable bonds is 4. The molecule has 0 fully saturated rings. The lowest BCUT2D eigenvalue weighted by molar-refractivity contribution is 0.330. The lowest BCUT2D eigenvalue weighted by Crippen LogP contribution is -2.23. The highest BCUT2D eigenvalue weighted by molar-refractivity contribution is 5.42. The molecule has 0 amide bonds. The maximum atomic E-state index is 5.64. The van der Waals surface area contributed by atoms with Crippen molar-refractivity contribution in [2.75, 3.05) is 13.7 Å². The van der Waals surface area contributed by atoms with Crippen LogP contribution < -0.4 is 10.1 Å². The number of ether oxygens (including phenoxy) is 1. The monoisotopic (exact) mass is 259 g/mol. The third-order valence-electron chi connectivity index (χ3n) is 3.47. The van der Waals surface area contributed by atoms with Crippen molar-refractivity contribution in [2.24, 2.45) is 0 Å². The molecule has 2 aromatic rings. The molecular weight excluding hydrogens is 242 g/mol. The van der Waals surface area contributed by atoms with Crippen molar-refractivity contribution in [3.8, 4) is 5.75 Å². The highest BCUT2D eigenvalue weighted by atomic mass is 16.5. The molecule has 19 heavy (non-hydrogen) atoms. The molecule has 2 unspecified atom stereocenters. The Labute approximate surface area is 112 Å². The van der Waals surface area contributed by atoms with Crippen molar-refractivity contribution in [1.29, 1.82) is 0 Å². The van der Waals surface area contributed by atoms with Crippen molar-refractivity contribution in [1.82, 2.24) is 15.5 Å². The number of hydrogen-bond acceptors (Lipinski definition) is 5. The van der Waals surface area contributed by atoms with E-state index in [0.717, 1.165) is 17.7 Å². The zero-order valence-corrected chi connectivity index (χ0v) is 11.1. The Morgan fingerprint density at radius 1 is 1.42 bits per heavy atom. The van der Waals surface area contributed by atoms with Crippen molar-refractivity contribution in [3.63, 3.8) is 0 Å². The smallest absolute Gasteiger partial charge is 0.228 e. The molecule has 0 saturated carbocycles. The normalized spacial score (nSPS) is 18.9. The third kappa shape index (κ3) is 2.33. The molecule has 0 radical (unpaired) electrons. The molecule has 1 aromatic carbocycles. The largest absolute Gasteiger partial charge is 0.492 e. The fraction of sp³-hybridized carbons (Fsp3) is 0.429. The van der Waals surface area contributed by atoms with Crippen molar-refractivity contribution in [2.45, 2.75) is 25.3 Å². The van der Waals surface area contributed by atoms with Crippen LogP contribution in [0.1, 0.15) is 30.1 Å². The zero-order chi connectivity index (χ0) is 13.2. The van der Waals surface area contributed by atoms with E-state index in [-0.39, 0.29) is 5.92 Å². The predicted molar refractivity (Wildman–Crippen MR) is 70.3 cm³/mol. The number of hydrogen-bond donors (Lipinski definition) is 1. The van der Waals surface area contributed by atoms with Crippen molar-refractivity contribution < 1.29 is 9.26 Å². The summed E-state index contributed by atoms with van der Waals surface area (Å²) in [5, 5.41) is 7.25. The minimum Gasteiger partial charge on any atom is -0.492 e. The summed E-state index contributed by atoms with van der Waals surface area (Å²) in [6.07, 6.45) is 0.735. The summed E-state index contributed by atoms with van der Waals surface area (Å²) in [4.78, 5) is 4.48. The van der Waals surface area contributed by atoms with Gasteiger partial charge in [-0.2, -0.15) is 4.98 Å². The Morgan fingerprint density at radius 3 is 3.11 bits per heavy atom. The number of para-hydroxylation sites is 1. The standard InChI is InChI=1S/C14H17N3O2/c1-9(15-2)7-13-16-14(17-19-13)11-8-18-12-6-4-3-5-10(11)12/h3-6,9,11,15H,7-8H2,1-2H3. The third-order valence-corrected chi connectivity index (χ3v) is 3.47. The maximum Gasteiger partial charge on any atom is 0.228 e. The Balaban J connectivity index is 1.81. The van der Waals surface area contributed by atoms with Gasteiger partial charge < -0.3 is 14.6 Å². The number of likely N-dealkylation sites (N-methyl/N-ethyl adjacent to an activating group) is 1. The number of nitrogens with one attached hydrogen (secondary N) is 1. The second-order valence-electron chi connectivity index (χ2n) is 4.84. The first-order valence-corrected chi connectivity index (χ1v) is 6.49. The van der Waals surface area contributed by atoms with Gasteiger partial charge in [-0.1, -0.05) is 23.4 Å². The molecule has 3 rings (SSSR count). The van der Waals surface area contributed by atoms with Gasteiger partial charge in [0.1, 0.15) is 12.4 Å². The van der Waals surface area contributed by atoms with Crippen LogP contribution in [0.2, 0.25) is 0 Å². The SMILES string of the molecule is CNC(C)Cc1nc(C2COc3ccccc32)no1. The van der Waals surface area contributed by atoms with Gasteiger partial charge in [0.25, 0.3) is 0 Å². The van der Waals surface area contributed by atoms with E-state index in [4.69, 9.17) is 9.26 Å².